The van der Waals surface area contributed by atoms with Crippen molar-refractivity contribution < 1.29 is 4.79 Å². The van der Waals surface area contributed by atoms with Crippen LogP contribution in [0.4, 0.5) is 5.82 Å². The predicted molar refractivity (Wildman–Crippen MR) is 75.0 cm³/mol. The maximum atomic E-state index is 12.4. The number of nitrogens with one attached hydrogen (secondary N) is 1. The topological polar surface area (TPSA) is 45.2 Å². The first-order valence-electron chi connectivity index (χ1n) is 6.49. The van der Waals surface area contributed by atoms with Gasteiger partial charge in [-0.05, 0) is 31.9 Å². The van der Waals surface area contributed by atoms with E-state index >= 15 is 0 Å². The number of hydrogen-bond donors (Lipinski definition) is 1. The Kier molecular flexibility index (Phi) is 5.13. The van der Waals surface area contributed by atoms with Crippen molar-refractivity contribution in [2.45, 2.75) is 39.7 Å². The summed E-state index contributed by atoms with van der Waals surface area (Å²) in [5.41, 5.74) is 1.64. The number of aromatic nitrogens is 1. The normalized spacial score (nSPS) is 12.1. The summed E-state index contributed by atoms with van der Waals surface area (Å²) in [5.74, 6) is 0.799. The van der Waals surface area contributed by atoms with Crippen LogP contribution in [0.1, 0.15) is 43.2 Å². The minimum Gasteiger partial charge on any atom is -0.373 e. The third-order valence-corrected chi connectivity index (χ3v) is 3.32. The van der Waals surface area contributed by atoms with Crippen molar-refractivity contribution in [3.05, 3.63) is 23.4 Å². The summed E-state index contributed by atoms with van der Waals surface area (Å²) in [6, 6.07) is 3.93. The first kappa shape index (κ1) is 14.5. The largest absolute Gasteiger partial charge is 0.373 e. The highest BCUT2D eigenvalue weighted by molar-refractivity contribution is 5.95. The standard InChI is InChI=1S/C14H23N3O/c1-6-10(3)17(5)14(18)11-8-12(7-2)16-13(9-11)15-4/h8-10H,6-7H2,1-5H3,(H,15,16). The lowest BCUT2D eigenvalue weighted by Gasteiger charge is -2.24. The number of pyridine rings is 1. The molecule has 4 nitrogen and oxygen atoms in total. The van der Waals surface area contributed by atoms with Gasteiger partial charge in [-0.2, -0.15) is 0 Å². The third-order valence-electron chi connectivity index (χ3n) is 3.32. The first-order valence-corrected chi connectivity index (χ1v) is 6.49. The molecule has 1 atom stereocenters. The quantitative estimate of drug-likeness (QED) is 0.872. The Morgan fingerprint density at radius 3 is 2.61 bits per heavy atom. The molecule has 1 amide bonds. The maximum Gasteiger partial charge on any atom is 0.254 e. The second-order valence-electron chi connectivity index (χ2n) is 4.51. The van der Waals surface area contributed by atoms with Crippen molar-refractivity contribution >= 4 is 11.7 Å². The monoisotopic (exact) mass is 249 g/mol. The number of carbonyl (C=O) groups is 1. The number of hydrogen-bond acceptors (Lipinski definition) is 3. The van der Waals surface area contributed by atoms with Gasteiger partial charge in [0.05, 0.1) is 0 Å². The molecule has 1 heterocycles. The molecule has 18 heavy (non-hydrogen) atoms. The fourth-order valence-electron chi connectivity index (χ4n) is 1.70. The van der Waals surface area contributed by atoms with Gasteiger partial charge in [0, 0.05) is 31.4 Å². The van der Waals surface area contributed by atoms with Crippen LogP contribution >= 0.6 is 0 Å². The zero-order valence-electron chi connectivity index (χ0n) is 11.9. The lowest BCUT2D eigenvalue weighted by Crippen LogP contribution is -2.34. The summed E-state index contributed by atoms with van der Waals surface area (Å²) in [7, 11) is 3.66. The van der Waals surface area contributed by atoms with E-state index in [0.717, 1.165) is 24.4 Å². The molecule has 4 heteroatoms. The van der Waals surface area contributed by atoms with Crippen LogP contribution in [0.25, 0.3) is 0 Å². The number of carbonyl (C=O) groups excluding carboxylic acids is 1. The molecule has 0 aliphatic heterocycles. The minimum absolute atomic E-state index is 0.0537. The summed E-state index contributed by atoms with van der Waals surface area (Å²) < 4.78 is 0. The summed E-state index contributed by atoms with van der Waals surface area (Å²) in [5, 5.41) is 3.00. The van der Waals surface area contributed by atoms with Gasteiger partial charge < -0.3 is 10.2 Å². The number of rotatable bonds is 5. The van der Waals surface area contributed by atoms with Crippen LogP contribution < -0.4 is 5.32 Å². The van der Waals surface area contributed by atoms with E-state index in [9.17, 15) is 4.79 Å². The summed E-state index contributed by atoms with van der Waals surface area (Å²) in [4.78, 5) is 18.5. The molecule has 1 rings (SSSR count). The van der Waals surface area contributed by atoms with Gasteiger partial charge in [0.1, 0.15) is 5.82 Å². The van der Waals surface area contributed by atoms with Crippen LogP contribution in [0.2, 0.25) is 0 Å². The van der Waals surface area contributed by atoms with Gasteiger partial charge in [0.15, 0.2) is 0 Å². The highest BCUT2D eigenvalue weighted by Crippen LogP contribution is 2.14. The molecule has 0 spiro atoms. The zero-order valence-corrected chi connectivity index (χ0v) is 11.9. The minimum atomic E-state index is 0.0537. The van der Waals surface area contributed by atoms with Crippen LogP contribution in [0.15, 0.2) is 12.1 Å². The molecule has 0 aromatic carbocycles. The van der Waals surface area contributed by atoms with E-state index in [1.165, 1.54) is 0 Å². The van der Waals surface area contributed by atoms with Gasteiger partial charge in [-0.15, -0.1) is 0 Å². The zero-order chi connectivity index (χ0) is 13.7. The molecule has 1 aromatic heterocycles. The van der Waals surface area contributed by atoms with E-state index in [-0.39, 0.29) is 11.9 Å². The summed E-state index contributed by atoms with van der Waals surface area (Å²) in [6.07, 6.45) is 1.77. The Morgan fingerprint density at radius 1 is 1.44 bits per heavy atom. The van der Waals surface area contributed by atoms with Gasteiger partial charge in [0.2, 0.25) is 0 Å². The van der Waals surface area contributed by atoms with E-state index in [2.05, 4.69) is 24.1 Å². The Labute approximate surface area is 109 Å². The van der Waals surface area contributed by atoms with Crippen LogP contribution in [-0.2, 0) is 6.42 Å². The average Bonchev–Trinajstić information content (AvgIpc) is 2.43. The Hall–Kier alpha value is -1.58. The highest BCUT2D eigenvalue weighted by atomic mass is 16.2. The summed E-state index contributed by atoms with van der Waals surface area (Å²) >= 11 is 0. The van der Waals surface area contributed by atoms with Crippen molar-refractivity contribution in [3.63, 3.8) is 0 Å². The van der Waals surface area contributed by atoms with E-state index in [0.29, 0.717) is 5.56 Å². The second-order valence-corrected chi connectivity index (χ2v) is 4.51. The molecule has 1 aromatic rings. The lowest BCUT2D eigenvalue weighted by molar-refractivity contribution is 0.0740. The molecule has 0 radical (unpaired) electrons. The fourth-order valence-corrected chi connectivity index (χ4v) is 1.70. The fraction of sp³-hybridized carbons (Fsp3) is 0.571. The van der Waals surface area contributed by atoms with Crippen molar-refractivity contribution in [3.8, 4) is 0 Å². The molecule has 0 aliphatic rings. The predicted octanol–water partition coefficient (Wildman–Crippen LogP) is 2.56. The SMILES string of the molecule is CCc1cc(C(=O)N(C)C(C)CC)cc(NC)n1. The molecule has 1 unspecified atom stereocenters. The average molecular weight is 249 g/mol. The van der Waals surface area contributed by atoms with Gasteiger partial charge in [-0.3, -0.25) is 4.79 Å². The van der Waals surface area contributed by atoms with E-state index in [1.807, 2.05) is 27.1 Å². The van der Waals surface area contributed by atoms with E-state index in [1.54, 1.807) is 11.0 Å². The van der Waals surface area contributed by atoms with Crippen molar-refractivity contribution in [1.29, 1.82) is 0 Å². The lowest BCUT2D eigenvalue weighted by atomic mass is 10.1. The smallest absolute Gasteiger partial charge is 0.254 e. The Morgan fingerprint density at radius 2 is 2.11 bits per heavy atom. The van der Waals surface area contributed by atoms with Crippen molar-refractivity contribution in [2.75, 3.05) is 19.4 Å². The van der Waals surface area contributed by atoms with Crippen LogP contribution in [-0.4, -0.2) is 35.9 Å². The van der Waals surface area contributed by atoms with Crippen molar-refractivity contribution in [1.82, 2.24) is 9.88 Å². The van der Waals surface area contributed by atoms with Gasteiger partial charge in [-0.25, -0.2) is 4.98 Å². The van der Waals surface area contributed by atoms with Crippen molar-refractivity contribution in [2.24, 2.45) is 0 Å². The molecule has 0 saturated heterocycles. The molecule has 0 fully saturated rings. The van der Waals surface area contributed by atoms with Crippen LogP contribution in [0.5, 0.6) is 0 Å². The Bertz CT molecular complexity index is 395. The Balaban J connectivity index is 3.04. The molecule has 1 N–H and O–H groups in total. The third kappa shape index (κ3) is 3.22. The first-order chi connectivity index (χ1) is 8.53. The second kappa shape index (κ2) is 6.38. The van der Waals surface area contributed by atoms with Crippen LogP contribution in [0, 0.1) is 0 Å². The van der Waals surface area contributed by atoms with E-state index < -0.39 is 0 Å². The molecular weight excluding hydrogens is 226 g/mol. The molecule has 0 saturated carbocycles. The van der Waals surface area contributed by atoms with Gasteiger partial charge >= 0.3 is 0 Å². The van der Waals surface area contributed by atoms with Gasteiger partial charge in [-0.1, -0.05) is 13.8 Å². The van der Waals surface area contributed by atoms with Crippen LogP contribution in [0.3, 0.4) is 0 Å². The molecule has 100 valence electrons. The van der Waals surface area contributed by atoms with Gasteiger partial charge in [0.25, 0.3) is 5.91 Å². The molecular formula is C14H23N3O. The number of anilines is 1. The maximum absolute atomic E-state index is 12.4. The summed E-state index contributed by atoms with van der Waals surface area (Å²) in [6.45, 7) is 6.17. The molecule has 0 bridgehead atoms. The number of amides is 1. The molecule has 0 aliphatic carbocycles. The highest BCUT2D eigenvalue weighted by Gasteiger charge is 2.17. The number of nitrogens with zero attached hydrogens (tertiary/aromatic N) is 2. The van der Waals surface area contributed by atoms with E-state index in [4.69, 9.17) is 0 Å². The number of aryl methyl sites for hydroxylation is 1.